The highest BCUT2D eigenvalue weighted by Gasteiger charge is 2.46. The van der Waals surface area contributed by atoms with Gasteiger partial charge >= 0.3 is 11.9 Å². The van der Waals surface area contributed by atoms with E-state index in [4.69, 9.17) is 10.5 Å². The number of benzene rings is 1. The van der Waals surface area contributed by atoms with E-state index in [1.54, 1.807) is 20.8 Å². The van der Waals surface area contributed by atoms with Crippen LogP contribution in [0.25, 0.3) is 0 Å². The van der Waals surface area contributed by atoms with E-state index in [0.717, 1.165) is 7.11 Å². The fraction of sp³-hybridized carbons (Fsp3) is 0.467. The molecule has 1 atom stereocenters. The highest BCUT2D eigenvalue weighted by Crippen LogP contribution is 2.27. The summed E-state index contributed by atoms with van der Waals surface area (Å²) in [5, 5.41) is 18.8. The Bertz CT molecular complexity index is 578. The van der Waals surface area contributed by atoms with Gasteiger partial charge in [-0.3, -0.25) is 0 Å². The van der Waals surface area contributed by atoms with Gasteiger partial charge in [-0.25, -0.2) is 9.59 Å². The van der Waals surface area contributed by atoms with Crippen molar-refractivity contribution in [1.29, 1.82) is 0 Å². The van der Waals surface area contributed by atoms with E-state index in [-0.39, 0.29) is 17.9 Å². The van der Waals surface area contributed by atoms with Crippen LogP contribution in [0.15, 0.2) is 18.2 Å². The number of carbonyl (C=O) groups is 2. The quantitative estimate of drug-likeness (QED) is 0.428. The molecule has 0 saturated carbocycles. The van der Waals surface area contributed by atoms with Crippen molar-refractivity contribution in [3.8, 4) is 11.5 Å². The van der Waals surface area contributed by atoms with Gasteiger partial charge < -0.3 is 25.4 Å². The van der Waals surface area contributed by atoms with Gasteiger partial charge in [-0.1, -0.05) is 6.07 Å². The Balaban J connectivity index is 3.14. The van der Waals surface area contributed by atoms with E-state index in [2.05, 4.69) is 4.74 Å². The van der Waals surface area contributed by atoms with Gasteiger partial charge in [0.15, 0.2) is 11.5 Å². The maximum atomic E-state index is 12.3. The van der Waals surface area contributed by atoms with Crippen molar-refractivity contribution in [1.82, 2.24) is 0 Å². The van der Waals surface area contributed by atoms with E-state index in [1.807, 2.05) is 0 Å². The Morgan fingerprint density at radius 3 is 2.18 bits per heavy atom. The van der Waals surface area contributed by atoms with Crippen molar-refractivity contribution in [3.63, 3.8) is 0 Å². The number of phenols is 2. The lowest BCUT2D eigenvalue weighted by molar-refractivity contribution is -0.170. The van der Waals surface area contributed by atoms with Crippen LogP contribution in [0.2, 0.25) is 0 Å². The third-order valence-electron chi connectivity index (χ3n) is 2.84. The first-order valence-corrected chi connectivity index (χ1v) is 6.61. The third kappa shape index (κ3) is 4.11. The number of esters is 2. The summed E-state index contributed by atoms with van der Waals surface area (Å²) >= 11 is 0. The highest BCUT2D eigenvalue weighted by molar-refractivity contribution is 6.05. The fourth-order valence-electron chi connectivity index (χ4n) is 1.78. The Hall–Kier alpha value is -2.28. The van der Waals surface area contributed by atoms with Crippen molar-refractivity contribution in [3.05, 3.63) is 23.8 Å². The number of rotatable bonds is 4. The molecule has 0 aliphatic carbocycles. The molecule has 0 radical (unpaired) electrons. The lowest BCUT2D eigenvalue weighted by Crippen LogP contribution is -2.59. The summed E-state index contributed by atoms with van der Waals surface area (Å²) in [7, 11) is 1.11. The van der Waals surface area contributed by atoms with Crippen LogP contribution in [0.4, 0.5) is 0 Å². The number of carbonyl (C=O) groups excluding carboxylic acids is 2. The second-order valence-corrected chi connectivity index (χ2v) is 5.96. The molecule has 7 heteroatoms. The normalized spacial score (nSPS) is 14.0. The Morgan fingerprint density at radius 1 is 1.14 bits per heavy atom. The standard InChI is InChI=1S/C15H21NO6/c1-14(2,3)22-13(20)15(16,12(19)21-4)8-9-5-6-10(17)11(18)7-9/h5-7,17-18H,8,16H2,1-4H3/t15-/m0/s1. The minimum Gasteiger partial charge on any atom is -0.504 e. The molecule has 1 aromatic carbocycles. The van der Waals surface area contributed by atoms with Crippen LogP contribution in [0.3, 0.4) is 0 Å². The van der Waals surface area contributed by atoms with Crippen molar-refractivity contribution in [2.75, 3.05) is 7.11 Å². The van der Waals surface area contributed by atoms with Crippen molar-refractivity contribution < 1.29 is 29.3 Å². The molecular formula is C15H21NO6. The molecule has 0 amide bonds. The van der Waals surface area contributed by atoms with Crippen LogP contribution in [-0.4, -0.2) is 40.4 Å². The number of hydrogen-bond acceptors (Lipinski definition) is 7. The highest BCUT2D eigenvalue weighted by atomic mass is 16.6. The lowest BCUT2D eigenvalue weighted by atomic mass is 9.91. The van der Waals surface area contributed by atoms with Crippen molar-refractivity contribution in [2.24, 2.45) is 5.73 Å². The molecule has 0 unspecified atom stereocenters. The summed E-state index contributed by atoms with van der Waals surface area (Å²) in [4.78, 5) is 24.2. The largest absolute Gasteiger partial charge is 0.504 e. The monoisotopic (exact) mass is 311 g/mol. The summed E-state index contributed by atoms with van der Waals surface area (Å²) in [6.45, 7) is 4.94. The molecule has 0 saturated heterocycles. The SMILES string of the molecule is COC(=O)[C@@](N)(Cc1ccc(O)c(O)c1)C(=O)OC(C)(C)C. The molecule has 1 rings (SSSR count). The summed E-state index contributed by atoms with van der Waals surface area (Å²) < 4.78 is 9.78. The van der Waals surface area contributed by atoms with E-state index in [9.17, 15) is 19.8 Å². The molecule has 1 aromatic rings. The molecular weight excluding hydrogens is 290 g/mol. The van der Waals surface area contributed by atoms with Crippen LogP contribution in [0.1, 0.15) is 26.3 Å². The average Bonchev–Trinajstić information content (AvgIpc) is 2.39. The molecule has 22 heavy (non-hydrogen) atoms. The topological polar surface area (TPSA) is 119 Å². The molecule has 4 N–H and O–H groups in total. The van der Waals surface area contributed by atoms with Crippen LogP contribution in [-0.2, 0) is 25.5 Å². The number of methoxy groups -OCH3 is 1. The molecule has 122 valence electrons. The summed E-state index contributed by atoms with van der Waals surface area (Å²) in [6, 6.07) is 3.88. The van der Waals surface area contributed by atoms with Gasteiger partial charge in [0.1, 0.15) is 5.60 Å². The molecule has 0 aromatic heterocycles. The number of ether oxygens (including phenoxy) is 2. The smallest absolute Gasteiger partial charge is 0.338 e. The molecule has 7 nitrogen and oxygen atoms in total. The van der Waals surface area contributed by atoms with Crippen molar-refractivity contribution >= 4 is 11.9 Å². The molecule has 0 heterocycles. The maximum absolute atomic E-state index is 12.3. The van der Waals surface area contributed by atoms with Gasteiger partial charge in [-0.05, 0) is 38.5 Å². The minimum absolute atomic E-state index is 0.248. The van der Waals surface area contributed by atoms with Crippen LogP contribution >= 0.6 is 0 Å². The van der Waals surface area contributed by atoms with Crippen molar-refractivity contribution in [2.45, 2.75) is 38.3 Å². The Labute approximate surface area is 128 Å². The Morgan fingerprint density at radius 2 is 1.73 bits per heavy atom. The summed E-state index contributed by atoms with van der Waals surface area (Å²) in [5.41, 5.74) is 3.42. The summed E-state index contributed by atoms with van der Waals surface area (Å²) in [5.74, 6) is -2.58. The second-order valence-electron chi connectivity index (χ2n) is 5.96. The first-order valence-electron chi connectivity index (χ1n) is 6.61. The fourth-order valence-corrected chi connectivity index (χ4v) is 1.78. The van der Waals surface area contributed by atoms with E-state index >= 15 is 0 Å². The number of hydrogen-bond donors (Lipinski definition) is 3. The van der Waals surface area contributed by atoms with E-state index in [1.165, 1.54) is 18.2 Å². The predicted octanol–water partition coefficient (Wildman–Crippen LogP) is 0.852. The molecule has 0 fully saturated rings. The van der Waals surface area contributed by atoms with Gasteiger partial charge in [0, 0.05) is 6.42 Å². The molecule has 0 aliphatic rings. The van der Waals surface area contributed by atoms with E-state index in [0.29, 0.717) is 5.56 Å². The lowest BCUT2D eigenvalue weighted by Gasteiger charge is -2.29. The van der Waals surface area contributed by atoms with Crippen LogP contribution in [0.5, 0.6) is 11.5 Å². The van der Waals surface area contributed by atoms with Gasteiger partial charge in [-0.2, -0.15) is 0 Å². The number of phenolic OH excluding ortho intramolecular Hbond substituents is 2. The maximum Gasteiger partial charge on any atom is 0.338 e. The molecule has 0 spiro atoms. The Kier molecular flexibility index (Phi) is 5.03. The van der Waals surface area contributed by atoms with Gasteiger partial charge in [0.25, 0.3) is 0 Å². The zero-order valence-corrected chi connectivity index (χ0v) is 13.0. The summed E-state index contributed by atoms with van der Waals surface area (Å²) in [6.07, 6.45) is -0.248. The predicted molar refractivity (Wildman–Crippen MR) is 78.3 cm³/mol. The molecule has 0 aliphatic heterocycles. The van der Waals surface area contributed by atoms with Gasteiger partial charge in [0.05, 0.1) is 7.11 Å². The zero-order valence-electron chi connectivity index (χ0n) is 13.0. The van der Waals surface area contributed by atoms with Crippen LogP contribution in [0, 0.1) is 0 Å². The average molecular weight is 311 g/mol. The first kappa shape index (κ1) is 17.8. The van der Waals surface area contributed by atoms with Gasteiger partial charge in [-0.15, -0.1) is 0 Å². The van der Waals surface area contributed by atoms with E-state index < -0.39 is 23.1 Å². The third-order valence-corrected chi connectivity index (χ3v) is 2.84. The zero-order chi connectivity index (χ0) is 17.1. The van der Waals surface area contributed by atoms with Crippen LogP contribution < -0.4 is 5.73 Å². The second kappa shape index (κ2) is 6.23. The number of nitrogens with two attached hydrogens (primary N) is 1. The first-order chi connectivity index (χ1) is 9.99. The van der Waals surface area contributed by atoms with Gasteiger partial charge in [0.2, 0.25) is 5.54 Å². The number of aromatic hydroxyl groups is 2. The molecule has 0 bridgehead atoms. The minimum atomic E-state index is -2.05.